The average Bonchev–Trinajstić information content (AvgIpc) is 2.77. The Kier molecular flexibility index (Phi) is 8.06. The number of nitrogens with one attached hydrogen (secondary N) is 1. The van der Waals surface area contributed by atoms with Crippen molar-refractivity contribution in [2.75, 3.05) is 58.9 Å². The van der Waals surface area contributed by atoms with Crippen molar-refractivity contribution in [3.63, 3.8) is 0 Å². The van der Waals surface area contributed by atoms with Crippen LogP contribution in [0.3, 0.4) is 0 Å². The van der Waals surface area contributed by atoms with Gasteiger partial charge in [0.25, 0.3) is 0 Å². The van der Waals surface area contributed by atoms with Gasteiger partial charge < -0.3 is 15.1 Å². The third-order valence-electron chi connectivity index (χ3n) is 6.00. The largest absolute Gasteiger partial charge is 0.356 e. The molecule has 1 unspecified atom stereocenters. The summed E-state index contributed by atoms with van der Waals surface area (Å²) in [6, 6.07) is 8.47. The van der Waals surface area contributed by atoms with Crippen molar-refractivity contribution in [2.45, 2.75) is 31.1 Å². The molecule has 0 radical (unpaired) electrons. The fourth-order valence-electron chi connectivity index (χ4n) is 4.10. The van der Waals surface area contributed by atoms with E-state index in [1.807, 2.05) is 0 Å². The normalized spacial score (nSPS) is 22.4. The smallest absolute Gasteiger partial charge is 0.243 e. The molecule has 7 nitrogen and oxygen atoms in total. The molecule has 2 aliphatic rings. The number of likely N-dealkylation sites (N-methyl/N-ethyl adjacent to an activating group) is 1. The minimum Gasteiger partial charge on any atom is -0.356 e. The predicted octanol–water partition coefficient (Wildman–Crippen LogP) is 1.23. The van der Waals surface area contributed by atoms with E-state index in [0.29, 0.717) is 24.4 Å². The van der Waals surface area contributed by atoms with E-state index in [1.165, 1.54) is 4.31 Å². The molecule has 0 aromatic heterocycles. The predicted molar refractivity (Wildman–Crippen MR) is 114 cm³/mol. The molecule has 2 fully saturated rings. The van der Waals surface area contributed by atoms with Gasteiger partial charge in [-0.1, -0.05) is 25.1 Å². The molecule has 0 bridgehead atoms. The number of hydrogen-bond acceptors (Lipinski definition) is 5. The van der Waals surface area contributed by atoms with Crippen LogP contribution in [-0.4, -0.2) is 87.3 Å². The summed E-state index contributed by atoms with van der Waals surface area (Å²) in [5.41, 5.74) is 0. The molecule has 0 aliphatic carbocycles. The number of piperidine rings is 1. The van der Waals surface area contributed by atoms with E-state index >= 15 is 0 Å². The van der Waals surface area contributed by atoms with Crippen LogP contribution in [0.2, 0.25) is 0 Å². The Morgan fingerprint density at radius 1 is 1.07 bits per heavy atom. The van der Waals surface area contributed by atoms with Crippen molar-refractivity contribution in [3.05, 3.63) is 30.3 Å². The molecule has 1 amide bonds. The lowest BCUT2D eigenvalue weighted by atomic mass is 9.99. The molecule has 1 aromatic carbocycles. The first-order valence-electron chi connectivity index (χ1n) is 10.8. The van der Waals surface area contributed by atoms with Crippen LogP contribution in [0.5, 0.6) is 0 Å². The molecule has 29 heavy (non-hydrogen) atoms. The van der Waals surface area contributed by atoms with Gasteiger partial charge in [0.15, 0.2) is 0 Å². The highest BCUT2D eigenvalue weighted by Gasteiger charge is 2.33. The van der Waals surface area contributed by atoms with Crippen molar-refractivity contribution in [2.24, 2.45) is 5.92 Å². The van der Waals surface area contributed by atoms with E-state index in [2.05, 4.69) is 22.0 Å². The summed E-state index contributed by atoms with van der Waals surface area (Å²) < 4.78 is 27.1. The van der Waals surface area contributed by atoms with Crippen LogP contribution in [0.25, 0.3) is 0 Å². The maximum atomic E-state index is 12.8. The molecule has 2 heterocycles. The number of rotatable bonds is 8. The first-order chi connectivity index (χ1) is 14.0. The first-order valence-corrected chi connectivity index (χ1v) is 12.2. The van der Waals surface area contributed by atoms with Gasteiger partial charge in [-0.05, 0) is 44.5 Å². The molecule has 0 saturated carbocycles. The van der Waals surface area contributed by atoms with Gasteiger partial charge in [0.2, 0.25) is 15.9 Å². The molecule has 2 aliphatic heterocycles. The first kappa shape index (κ1) is 22.2. The number of hydrogen-bond donors (Lipinski definition) is 1. The van der Waals surface area contributed by atoms with Crippen LogP contribution in [0, 0.1) is 5.92 Å². The summed E-state index contributed by atoms with van der Waals surface area (Å²) in [5.74, 6) is -0.288. The molecule has 0 spiro atoms. The number of amides is 1. The van der Waals surface area contributed by atoms with Gasteiger partial charge in [-0.2, -0.15) is 4.31 Å². The standard InChI is InChI=1S/C21H34N4O3S/c1-2-23-14-16-24(17-15-23)12-7-11-22-21(26)19-8-6-13-25(18-19)29(27,28)20-9-4-3-5-10-20/h3-5,9-10,19H,2,6-8,11-18H2,1H3,(H,22,26). The Labute approximate surface area is 175 Å². The monoisotopic (exact) mass is 422 g/mol. The summed E-state index contributed by atoms with van der Waals surface area (Å²) in [5, 5.41) is 3.03. The van der Waals surface area contributed by atoms with Gasteiger partial charge in [-0.25, -0.2) is 8.42 Å². The zero-order chi connectivity index (χ0) is 20.7. The highest BCUT2D eigenvalue weighted by Crippen LogP contribution is 2.23. The maximum absolute atomic E-state index is 12.8. The van der Waals surface area contributed by atoms with Crippen LogP contribution in [-0.2, 0) is 14.8 Å². The minimum absolute atomic E-state index is 0.0197. The number of nitrogens with zero attached hydrogens (tertiary/aromatic N) is 3. The van der Waals surface area contributed by atoms with E-state index < -0.39 is 10.0 Å². The molecule has 1 atom stereocenters. The molecule has 3 rings (SSSR count). The number of carbonyl (C=O) groups excluding carboxylic acids is 1. The Morgan fingerprint density at radius 3 is 2.45 bits per heavy atom. The van der Waals surface area contributed by atoms with Gasteiger partial charge in [0.05, 0.1) is 10.8 Å². The SMILES string of the molecule is CCN1CCN(CCCNC(=O)C2CCCN(S(=O)(=O)c3ccccc3)C2)CC1. The van der Waals surface area contributed by atoms with Gasteiger partial charge >= 0.3 is 0 Å². The molecular formula is C21H34N4O3S. The van der Waals surface area contributed by atoms with Crippen molar-refractivity contribution in [1.82, 2.24) is 19.4 Å². The second-order valence-electron chi connectivity index (χ2n) is 7.94. The van der Waals surface area contributed by atoms with Gasteiger partial charge in [-0.15, -0.1) is 0 Å². The van der Waals surface area contributed by atoms with Crippen LogP contribution >= 0.6 is 0 Å². The summed E-state index contributed by atoms with van der Waals surface area (Å²) in [4.78, 5) is 17.8. The summed E-state index contributed by atoms with van der Waals surface area (Å²) in [6.45, 7) is 10.1. The Morgan fingerprint density at radius 2 is 1.76 bits per heavy atom. The number of piperazine rings is 1. The molecule has 8 heteroatoms. The minimum atomic E-state index is -3.53. The maximum Gasteiger partial charge on any atom is 0.243 e. The van der Waals surface area contributed by atoms with E-state index in [9.17, 15) is 13.2 Å². The summed E-state index contributed by atoms with van der Waals surface area (Å²) in [6.07, 6.45) is 2.38. The highest BCUT2D eigenvalue weighted by atomic mass is 32.2. The van der Waals surface area contributed by atoms with Crippen molar-refractivity contribution in [1.29, 1.82) is 0 Å². The average molecular weight is 423 g/mol. The molecule has 2 saturated heterocycles. The van der Waals surface area contributed by atoms with Crippen LogP contribution in [0.4, 0.5) is 0 Å². The number of benzene rings is 1. The number of carbonyl (C=O) groups is 1. The fourth-order valence-corrected chi connectivity index (χ4v) is 5.65. The Hall–Kier alpha value is -1.48. The third-order valence-corrected chi connectivity index (χ3v) is 7.88. The van der Waals surface area contributed by atoms with Gasteiger partial charge in [0.1, 0.15) is 0 Å². The molecule has 1 N–H and O–H groups in total. The summed E-state index contributed by atoms with van der Waals surface area (Å²) >= 11 is 0. The highest BCUT2D eigenvalue weighted by molar-refractivity contribution is 7.89. The quantitative estimate of drug-likeness (QED) is 0.638. The van der Waals surface area contributed by atoms with E-state index in [4.69, 9.17) is 0 Å². The zero-order valence-electron chi connectivity index (χ0n) is 17.4. The lowest BCUT2D eigenvalue weighted by Gasteiger charge is -2.34. The third kappa shape index (κ3) is 6.01. The molecule has 1 aromatic rings. The van der Waals surface area contributed by atoms with Crippen LogP contribution < -0.4 is 5.32 Å². The van der Waals surface area contributed by atoms with Crippen molar-refractivity contribution >= 4 is 15.9 Å². The van der Waals surface area contributed by atoms with Gasteiger partial charge in [-0.3, -0.25) is 4.79 Å². The van der Waals surface area contributed by atoms with Gasteiger partial charge in [0, 0.05) is 45.8 Å². The van der Waals surface area contributed by atoms with E-state index in [1.54, 1.807) is 30.3 Å². The Balaban J connectivity index is 1.42. The second kappa shape index (κ2) is 10.5. The van der Waals surface area contributed by atoms with Crippen LogP contribution in [0.15, 0.2) is 35.2 Å². The fraction of sp³-hybridized carbons (Fsp3) is 0.667. The summed E-state index contributed by atoms with van der Waals surface area (Å²) in [7, 11) is -3.53. The van der Waals surface area contributed by atoms with E-state index in [0.717, 1.165) is 52.1 Å². The van der Waals surface area contributed by atoms with Crippen molar-refractivity contribution < 1.29 is 13.2 Å². The molecule has 162 valence electrons. The van der Waals surface area contributed by atoms with Crippen LogP contribution in [0.1, 0.15) is 26.2 Å². The topological polar surface area (TPSA) is 73.0 Å². The number of sulfonamides is 1. The van der Waals surface area contributed by atoms with Crippen molar-refractivity contribution in [3.8, 4) is 0 Å². The van der Waals surface area contributed by atoms with E-state index in [-0.39, 0.29) is 18.4 Å². The second-order valence-corrected chi connectivity index (χ2v) is 9.87. The Bertz CT molecular complexity index is 748. The zero-order valence-corrected chi connectivity index (χ0v) is 18.2. The molecular weight excluding hydrogens is 388 g/mol. The lowest BCUT2D eigenvalue weighted by Crippen LogP contribution is -2.47. The lowest BCUT2D eigenvalue weighted by molar-refractivity contribution is -0.126.